The van der Waals surface area contributed by atoms with Crippen LogP contribution in [0.2, 0.25) is 0 Å². The van der Waals surface area contributed by atoms with Gasteiger partial charge in [-0.05, 0) is 37.8 Å². The Morgan fingerprint density at radius 1 is 1.11 bits per heavy atom. The Morgan fingerprint density at radius 3 is 2.26 bits per heavy atom. The van der Waals surface area contributed by atoms with Crippen molar-refractivity contribution in [3.63, 3.8) is 0 Å². The number of sulfonamides is 1. The van der Waals surface area contributed by atoms with Crippen molar-refractivity contribution in [3.8, 4) is 0 Å². The molecule has 0 unspecified atom stereocenters. The fourth-order valence-corrected chi connectivity index (χ4v) is 4.97. The fraction of sp³-hybridized carbons (Fsp3) is 0.579. The third-order valence-electron chi connectivity index (χ3n) is 5.47. The third kappa shape index (κ3) is 4.16. The number of carbonyl (C=O) groups is 2. The summed E-state index contributed by atoms with van der Waals surface area (Å²) in [5.74, 6) is 0.189. The van der Waals surface area contributed by atoms with Crippen LogP contribution in [0.15, 0.2) is 24.3 Å². The minimum atomic E-state index is -3.16. The minimum Gasteiger partial charge on any atom is -0.308 e. The number of benzene rings is 1. The van der Waals surface area contributed by atoms with Crippen LogP contribution in [0, 0.1) is 5.92 Å². The maximum Gasteiger partial charge on any atom is 0.227 e. The van der Waals surface area contributed by atoms with Crippen molar-refractivity contribution in [2.24, 2.45) is 5.92 Å². The largest absolute Gasteiger partial charge is 0.308 e. The van der Waals surface area contributed by atoms with Gasteiger partial charge in [0.1, 0.15) is 0 Å². The predicted octanol–water partition coefficient (Wildman–Crippen LogP) is 1.84. The van der Waals surface area contributed by atoms with E-state index < -0.39 is 10.0 Å². The Hall–Kier alpha value is -1.93. The molecule has 148 valence electrons. The average Bonchev–Trinajstić information content (AvgIpc) is 2.60. The second-order valence-corrected chi connectivity index (χ2v) is 9.52. The first-order valence-corrected chi connectivity index (χ1v) is 11.2. The molecule has 0 N–H and O–H groups in total. The zero-order valence-corrected chi connectivity index (χ0v) is 16.9. The summed E-state index contributed by atoms with van der Waals surface area (Å²) in [6.07, 6.45) is 3.02. The molecule has 7 nitrogen and oxygen atoms in total. The standard InChI is InChI=1S/C19H27N3O4S/c1-14-13-21(17-6-4-5-7-18(17)22(14)15(2)23)19(24)12-16-8-10-20(11-9-16)27(3,25)26/h4-7,14,16H,8-13H2,1-3H3/t14-/m0/s1. The second-order valence-electron chi connectivity index (χ2n) is 7.54. The first kappa shape index (κ1) is 19.8. The van der Waals surface area contributed by atoms with Crippen molar-refractivity contribution in [2.45, 2.75) is 39.2 Å². The van der Waals surface area contributed by atoms with Gasteiger partial charge in [-0.3, -0.25) is 9.59 Å². The molecule has 0 radical (unpaired) electrons. The van der Waals surface area contributed by atoms with E-state index in [1.54, 1.807) is 16.7 Å². The molecule has 0 spiro atoms. The van der Waals surface area contributed by atoms with E-state index in [2.05, 4.69) is 0 Å². The molecular weight excluding hydrogens is 366 g/mol. The molecule has 0 aromatic heterocycles. The summed E-state index contributed by atoms with van der Waals surface area (Å²) in [5.41, 5.74) is 1.54. The van der Waals surface area contributed by atoms with Crippen LogP contribution >= 0.6 is 0 Å². The number of amides is 2. The molecule has 1 aromatic carbocycles. The molecule has 3 rings (SSSR count). The SMILES string of the molecule is CC(=O)N1c2ccccc2N(C(=O)CC2CCN(S(C)(=O)=O)CC2)C[C@@H]1C. The van der Waals surface area contributed by atoms with Gasteiger partial charge in [-0.1, -0.05) is 12.1 Å². The molecule has 0 aliphatic carbocycles. The van der Waals surface area contributed by atoms with Gasteiger partial charge in [-0.2, -0.15) is 0 Å². The zero-order valence-electron chi connectivity index (χ0n) is 16.1. The summed E-state index contributed by atoms with van der Waals surface area (Å²) in [7, 11) is -3.16. The quantitative estimate of drug-likeness (QED) is 0.785. The lowest BCUT2D eigenvalue weighted by molar-refractivity contribution is -0.120. The fourth-order valence-electron chi connectivity index (χ4n) is 4.10. The van der Waals surface area contributed by atoms with Crippen LogP contribution in [-0.4, -0.2) is 56.5 Å². The molecule has 0 bridgehead atoms. The van der Waals surface area contributed by atoms with E-state index in [1.807, 2.05) is 31.2 Å². The molecule has 1 atom stereocenters. The first-order valence-electron chi connectivity index (χ1n) is 9.32. The number of piperidine rings is 1. The summed E-state index contributed by atoms with van der Waals surface area (Å²) in [5, 5.41) is 0. The average molecular weight is 394 g/mol. The van der Waals surface area contributed by atoms with Gasteiger partial charge < -0.3 is 9.80 Å². The van der Waals surface area contributed by atoms with Crippen LogP contribution in [-0.2, 0) is 19.6 Å². The second kappa shape index (κ2) is 7.59. The Bertz CT molecular complexity index is 831. The molecule has 8 heteroatoms. The Balaban J connectivity index is 1.72. The van der Waals surface area contributed by atoms with Gasteiger partial charge in [-0.25, -0.2) is 12.7 Å². The molecule has 1 saturated heterocycles. The number of carbonyl (C=O) groups excluding carboxylic acids is 2. The number of hydrogen-bond donors (Lipinski definition) is 0. The van der Waals surface area contributed by atoms with Crippen LogP contribution in [0.3, 0.4) is 0 Å². The van der Waals surface area contributed by atoms with Crippen molar-refractivity contribution in [3.05, 3.63) is 24.3 Å². The zero-order chi connectivity index (χ0) is 19.8. The van der Waals surface area contributed by atoms with E-state index >= 15 is 0 Å². The normalized spacial score (nSPS) is 21.8. The lowest BCUT2D eigenvalue weighted by atomic mass is 9.93. The molecule has 0 saturated carbocycles. The molecule has 2 aliphatic heterocycles. The Morgan fingerprint density at radius 2 is 1.70 bits per heavy atom. The van der Waals surface area contributed by atoms with E-state index in [-0.39, 0.29) is 23.8 Å². The number of anilines is 2. The molecule has 1 aromatic rings. The highest BCUT2D eigenvalue weighted by Gasteiger charge is 2.34. The number of fused-ring (bicyclic) bond motifs is 1. The van der Waals surface area contributed by atoms with E-state index in [1.165, 1.54) is 10.6 Å². The Labute approximate surface area is 161 Å². The molecule has 2 heterocycles. The monoisotopic (exact) mass is 393 g/mol. The smallest absolute Gasteiger partial charge is 0.227 e. The van der Waals surface area contributed by atoms with Crippen LogP contribution in [0.25, 0.3) is 0 Å². The highest BCUT2D eigenvalue weighted by molar-refractivity contribution is 7.88. The van der Waals surface area contributed by atoms with Crippen LogP contribution < -0.4 is 9.80 Å². The lowest BCUT2D eigenvalue weighted by Crippen LogP contribution is -2.51. The summed E-state index contributed by atoms with van der Waals surface area (Å²) < 4.78 is 24.8. The summed E-state index contributed by atoms with van der Waals surface area (Å²) in [6.45, 7) is 4.91. The summed E-state index contributed by atoms with van der Waals surface area (Å²) in [6, 6.07) is 7.40. The topological polar surface area (TPSA) is 78.0 Å². The maximum absolute atomic E-state index is 13.0. The minimum absolute atomic E-state index is 0.0322. The molecule has 2 amide bonds. The number of nitrogens with zero attached hydrogens (tertiary/aromatic N) is 3. The predicted molar refractivity (Wildman–Crippen MR) is 105 cm³/mol. The first-order chi connectivity index (χ1) is 12.7. The number of rotatable bonds is 3. The van der Waals surface area contributed by atoms with Gasteiger partial charge in [-0.15, -0.1) is 0 Å². The van der Waals surface area contributed by atoms with Crippen molar-refractivity contribution < 1.29 is 18.0 Å². The van der Waals surface area contributed by atoms with Crippen molar-refractivity contribution in [1.29, 1.82) is 0 Å². The summed E-state index contributed by atoms with van der Waals surface area (Å²) in [4.78, 5) is 28.6. The van der Waals surface area contributed by atoms with E-state index in [9.17, 15) is 18.0 Å². The van der Waals surface area contributed by atoms with Gasteiger partial charge in [0.2, 0.25) is 21.8 Å². The van der Waals surface area contributed by atoms with Gasteiger partial charge in [0.25, 0.3) is 0 Å². The molecular formula is C19H27N3O4S. The van der Waals surface area contributed by atoms with Gasteiger partial charge in [0, 0.05) is 33.0 Å². The Kier molecular flexibility index (Phi) is 5.58. The molecule has 1 fully saturated rings. The lowest BCUT2D eigenvalue weighted by Gasteiger charge is -2.41. The van der Waals surface area contributed by atoms with E-state index in [0.717, 1.165) is 11.4 Å². The third-order valence-corrected chi connectivity index (χ3v) is 6.77. The molecule has 2 aliphatic rings. The molecule has 27 heavy (non-hydrogen) atoms. The highest BCUT2D eigenvalue weighted by atomic mass is 32.2. The van der Waals surface area contributed by atoms with Crippen molar-refractivity contribution in [1.82, 2.24) is 4.31 Å². The number of hydrogen-bond acceptors (Lipinski definition) is 4. The van der Waals surface area contributed by atoms with Crippen LogP contribution in [0.1, 0.15) is 33.1 Å². The van der Waals surface area contributed by atoms with Gasteiger partial charge in [0.05, 0.1) is 23.7 Å². The van der Waals surface area contributed by atoms with Crippen LogP contribution in [0.4, 0.5) is 11.4 Å². The van der Waals surface area contributed by atoms with Crippen molar-refractivity contribution in [2.75, 3.05) is 35.7 Å². The van der Waals surface area contributed by atoms with Gasteiger partial charge in [0.15, 0.2) is 0 Å². The summed E-state index contributed by atoms with van der Waals surface area (Å²) >= 11 is 0. The van der Waals surface area contributed by atoms with Gasteiger partial charge >= 0.3 is 0 Å². The maximum atomic E-state index is 13.0. The van der Waals surface area contributed by atoms with Crippen molar-refractivity contribution >= 4 is 33.2 Å². The van der Waals surface area contributed by atoms with Crippen LogP contribution in [0.5, 0.6) is 0 Å². The number of para-hydroxylation sites is 2. The highest BCUT2D eigenvalue weighted by Crippen LogP contribution is 2.36. The van der Waals surface area contributed by atoms with E-state index in [4.69, 9.17) is 0 Å². The van der Waals surface area contributed by atoms with E-state index in [0.29, 0.717) is 38.9 Å².